The SMILES string of the molecule is CCc1ccccc1NC(=O)c1ccnc(C(=O)Nc2cccc(C)c2)c1. The molecule has 0 unspecified atom stereocenters. The zero-order valence-corrected chi connectivity index (χ0v) is 15.3. The first-order valence-corrected chi connectivity index (χ1v) is 8.80. The van der Waals surface area contributed by atoms with Gasteiger partial charge in [-0.3, -0.25) is 14.6 Å². The summed E-state index contributed by atoms with van der Waals surface area (Å²) in [4.78, 5) is 29.1. The van der Waals surface area contributed by atoms with Gasteiger partial charge in [-0.15, -0.1) is 0 Å². The second-order valence-corrected chi connectivity index (χ2v) is 6.22. The van der Waals surface area contributed by atoms with Crippen LogP contribution in [0.5, 0.6) is 0 Å². The van der Waals surface area contributed by atoms with Crippen molar-refractivity contribution in [2.45, 2.75) is 20.3 Å². The lowest BCUT2D eigenvalue weighted by Crippen LogP contribution is -2.17. The standard InChI is InChI=1S/C22H21N3O2/c1-3-16-8-4-5-10-19(16)25-21(26)17-11-12-23-20(14-17)22(27)24-18-9-6-7-15(2)13-18/h4-14H,3H2,1-2H3,(H,24,27)(H,25,26). The Labute approximate surface area is 158 Å². The van der Waals surface area contributed by atoms with Gasteiger partial charge in [0.15, 0.2) is 0 Å². The summed E-state index contributed by atoms with van der Waals surface area (Å²) < 4.78 is 0. The van der Waals surface area contributed by atoms with E-state index in [9.17, 15) is 9.59 Å². The molecule has 0 aliphatic rings. The van der Waals surface area contributed by atoms with E-state index in [0.29, 0.717) is 11.3 Å². The second-order valence-electron chi connectivity index (χ2n) is 6.22. The molecule has 1 aromatic heterocycles. The van der Waals surface area contributed by atoms with Crippen molar-refractivity contribution in [2.24, 2.45) is 0 Å². The average Bonchev–Trinajstić information content (AvgIpc) is 2.68. The van der Waals surface area contributed by atoms with Crippen molar-refractivity contribution in [2.75, 3.05) is 10.6 Å². The minimum Gasteiger partial charge on any atom is -0.322 e. The Bertz CT molecular complexity index is 983. The van der Waals surface area contributed by atoms with Gasteiger partial charge in [-0.2, -0.15) is 0 Å². The average molecular weight is 359 g/mol. The van der Waals surface area contributed by atoms with Gasteiger partial charge in [0.2, 0.25) is 0 Å². The molecule has 2 amide bonds. The minimum absolute atomic E-state index is 0.188. The van der Waals surface area contributed by atoms with Gasteiger partial charge in [-0.05, 0) is 54.8 Å². The number of amides is 2. The van der Waals surface area contributed by atoms with Crippen molar-refractivity contribution in [1.82, 2.24) is 4.98 Å². The van der Waals surface area contributed by atoms with Crippen LogP contribution >= 0.6 is 0 Å². The van der Waals surface area contributed by atoms with Crippen LogP contribution in [0.2, 0.25) is 0 Å². The fourth-order valence-corrected chi connectivity index (χ4v) is 2.76. The lowest BCUT2D eigenvalue weighted by Gasteiger charge is -2.10. The number of anilines is 2. The topological polar surface area (TPSA) is 71.1 Å². The molecule has 0 fully saturated rings. The molecule has 1 heterocycles. The summed E-state index contributed by atoms with van der Waals surface area (Å²) in [5, 5.41) is 5.70. The molecular weight excluding hydrogens is 338 g/mol. The molecule has 3 aromatic rings. The van der Waals surface area contributed by atoms with Crippen molar-refractivity contribution < 1.29 is 9.59 Å². The number of carbonyl (C=O) groups is 2. The summed E-state index contributed by atoms with van der Waals surface area (Å²) in [6.45, 7) is 3.98. The van der Waals surface area contributed by atoms with E-state index in [1.54, 1.807) is 6.07 Å². The Morgan fingerprint density at radius 3 is 2.52 bits per heavy atom. The Hall–Kier alpha value is -3.47. The first kappa shape index (κ1) is 18.3. The quantitative estimate of drug-likeness (QED) is 0.707. The first-order chi connectivity index (χ1) is 13.1. The summed E-state index contributed by atoms with van der Waals surface area (Å²) in [7, 11) is 0. The summed E-state index contributed by atoms with van der Waals surface area (Å²) in [5.74, 6) is -0.632. The maximum atomic E-state index is 12.6. The van der Waals surface area contributed by atoms with Gasteiger partial charge in [-0.1, -0.05) is 37.3 Å². The molecule has 2 N–H and O–H groups in total. The fraction of sp³-hybridized carbons (Fsp3) is 0.136. The lowest BCUT2D eigenvalue weighted by molar-refractivity contribution is 0.102. The van der Waals surface area contributed by atoms with E-state index in [2.05, 4.69) is 15.6 Å². The third-order valence-electron chi connectivity index (χ3n) is 4.18. The Morgan fingerprint density at radius 1 is 0.926 bits per heavy atom. The molecule has 0 saturated heterocycles. The van der Waals surface area contributed by atoms with Crippen LogP contribution in [-0.4, -0.2) is 16.8 Å². The third-order valence-corrected chi connectivity index (χ3v) is 4.18. The summed E-state index contributed by atoms with van der Waals surface area (Å²) in [6.07, 6.45) is 2.28. The minimum atomic E-state index is -0.357. The van der Waals surface area contributed by atoms with Gasteiger partial charge >= 0.3 is 0 Å². The number of pyridine rings is 1. The third kappa shape index (κ3) is 4.58. The van der Waals surface area contributed by atoms with Crippen LogP contribution in [0.25, 0.3) is 0 Å². The van der Waals surface area contributed by atoms with Crippen LogP contribution in [0, 0.1) is 6.92 Å². The Balaban J connectivity index is 1.76. The van der Waals surface area contributed by atoms with Gasteiger partial charge in [0, 0.05) is 23.1 Å². The van der Waals surface area contributed by atoms with E-state index < -0.39 is 0 Å². The Morgan fingerprint density at radius 2 is 1.74 bits per heavy atom. The number of carbonyl (C=O) groups excluding carboxylic acids is 2. The molecule has 27 heavy (non-hydrogen) atoms. The van der Waals surface area contributed by atoms with Crippen LogP contribution in [0.4, 0.5) is 11.4 Å². The zero-order chi connectivity index (χ0) is 19.2. The molecule has 0 aliphatic heterocycles. The molecule has 5 heteroatoms. The molecule has 0 spiro atoms. The smallest absolute Gasteiger partial charge is 0.274 e. The highest BCUT2D eigenvalue weighted by Crippen LogP contribution is 2.17. The van der Waals surface area contributed by atoms with E-state index in [-0.39, 0.29) is 17.5 Å². The molecule has 0 bridgehead atoms. The van der Waals surface area contributed by atoms with Gasteiger partial charge in [0.25, 0.3) is 11.8 Å². The number of aryl methyl sites for hydroxylation is 2. The largest absolute Gasteiger partial charge is 0.322 e. The number of hydrogen-bond donors (Lipinski definition) is 2. The molecule has 2 aromatic carbocycles. The van der Waals surface area contributed by atoms with E-state index in [1.165, 1.54) is 12.3 Å². The zero-order valence-electron chi connectivity index (χ0n) is 15.3. The van der Waals surface area contributed by atoms with Crippen LogP contribution in [-0.2, 0) is 6.42 Å². The number of rotatable bonds is 5. The van der Waals surface area contributed by atoms with Crippen molar-refractivity contribution in [3.63, 3.8) is 0 Å². The number of nitrogens with zero attached hydrogens (tertiary/aromatic N) is 1. The number of nitrogens with one attached hydrogen (secondary N) is 2. The van der Waals surface area contributed by atoms with Gasteiger partial charge in [0.1, 0.15) is 5.69 Å². The molecule has 3 rings (SSSR count). The highest BCUT2D eigenvalue weighted by Gasteiger charge is 2.13. The van der Waals surface area contributed by atoms with E-state index >= 15 is 0 Å². The molecule has 136 valence electrons. The van der Waals surface area contributed by atoms with Crippen molar-refractivity contribution >= 4 is 23.2 Å². The predicted molar refractivity (Wildman–Crippen MR) is 107 cm³/mol. The monoisotopic (exact) mass is 359 g/mol. The molecule has 0 aliphatic carbocycles. The summed E-state index contributed by atoms with van der Waals surface area (Å²) >= 11 is 0. The van der Waals surface area contributed by atoms with Crippen LogP contribution < -0.4 is 10.6 Å². The van der Waals surface area contributed by atoms with Gasteiger partial charge < -0.3 is 10.6 Å². The van der Waals surface area contributed by atoms with Crippen molar-refractivity contribution in [1.29, 1.82) is 0 Å². The fourth-order valence-electron chi connectivity index (χ4n) is 2.76. The number of para-hydroxylation sites is 1. The first-order valence-electron chi connectivity index (χ1n) is 8.80. The number of hydrogen-bond acceptors (Lipinski definition) is 3. The van der Waals surface area contributed by atoms with Crippen LogP contribution in [0.3, 0.4) is 0 Å². The molecule has 0 atom stereocenters. The maximum Gasteiger partial charge on any atom is 0.274 e. The summed E-state index contributed by atoms with van der Waals surface area (Å²) in [5.41, 5.74) is 4.13. The van der Waals surface area contributed by atoms with Crippen molar-refractivity contribution in [3.8, 4) is 0 Å². The summed E-state index contributed by atoms with van der Waals surface area (Å²) in [6, 6.07) is 18.2. The molecule has 0 radical (unpaired) electrons. The van der Waals surface area contributed by atoms with E-state index in [4.69, 9.17) is 0 Å². The normalized spacial score (nSPS) is 10.3. The maximum absolute atomic E-state index is 12.6. The van der Waals surface area contributed by atoms with E-state index in [1.807, 2.05) is 62.4 Å². The van der Waals surface area contributed by atoms with Gasteiger partial charge in [-0.25, -0.2) is 0 Å². The highest BCUT2D eigenvalue weighted by atomic mass is 16.2. The lowest BCUT2D eigenvalue weighted by atomic mass is 10.1. The highest BCUT2D eigenvalue weighted by molar-refractivity contribution is 6.08. The van der Waals surface area contributed by atoms with Crippen LogP contribution in [0.15, 0.2) is 66.9 Å². The number of benzene rings is 2. The predicted octanol–water partition coefficient (Wildman–Crippen LogP) is 4.46. The molecule has 0 saturated carbocycles. The van der Waals surface area contributed by atoms with Crippen LogP contribution in [0.1, 0.15) is 38.9 Å². The molecule has 5 nitrogen and oxygen atoms in total. The number of aromatic nitrogens is 1. The second kappa shape index (κ2) is 8.27. The van der Waals surface area contributed by atoms with E-state index in [0.717, 1.165) is 23.2 Å². The van der Waals surface area contributed by atoms with Gasteiger partial charge in [0.05, 0.1) is 0 Å². The molecular formula is C22H21N3O2. The van der Waals surface area contributed by atoms with Crippen molar-refractivity contribution in [3.05, 3.63) is 89.2 Å². The Kier molecular flexibility index (Phi) is 5.61.